The predicted octanol–water partition coefficient (Wildman–Crippen LogP) is 5.22. The van der Waals surface area contributed by atoms with E-state index in [1.807, 2.05) is 0 Å². The van der Waals surface area contributed by atoms with Crippen LogP contribution in [0.1, 0.15) is 129 Å². The summed E-state index contributed by atoms with van der Waals surface area (Å²) >= 11 is 0. The van der Waals surface area contributed by atoms with E-state index in [0.29, 0.717) is 0 Å². The third-order valence-electron chi connectivity index (χ3n) is 6.57. The molecule has 30 heavy (non-hydrogen) atoms. The fourth-order valence-electron chi connectivity index (χ4n) is 4.39. The van der Waals surface area contributed by atoms with Crippen molar-refractivity contribution >= 4 is 0 Å². The third kappa shape index (κ3) is 12.0. The van der Waals surface area contributed by atoms with Crippen molar-refractivity contribution < 1.29 is 25.2 Å². The van der Waals surface area contributed by atoms with Crippen LogP contribution < -0.4 is 0 Å². The molecule has 0 bridgehead atoms. The third-order valence-corrected chi connectivity index (χ3v) is 6.57. The Morgan fingerprint density at radius 1 is 0.633 bits per heavy atom. The topological polar surface area (TPSA) is 90.2 Å². The van der Waals surface area contributed by atoms with Gasteiger partial charge in [-0.25, -0.2) is 0 Å². The number of hydrogen-bond donors (Lipinski definition) is 4. The van der Waals surface area contributed by atoms with Gasteiger partial charge >= 0.3 is 0 Å². The summed E-state index contributed by atoms with van der Waals surface area (Å²) < 4.78 is 5.19. The molecule has 1 aliphatic rings. The number of aliphatic hydroxyl groups is 4. The van der Waals surface area contributed by atoms with Crippen molar-refractivity contribution in [2.45, 2.75) is 153 Å². The first-order valence-corrected chi connectivity index (χ1v) is 12.9. The fourth-order valence-corrected chi connectivity index (χ4v) is 4.39. The van der Waals surface area contributed by atoms with Gasteiger partial charge in [-0.15, -0.1) is 0 Å². The molecule has 0 aromatic heterocycles. The second kappa shape index (κ2) is 17.4. The second-order valence-corrected chi connectivity index (χ2v) is 9.42. The molecular weight excluding hydrogens is 380 g/mol. The zero-order valence-electron chi connectivity index (χ0n) is 19.6. The SMILES string of the molecule is CCCCCCCCCCCCCCCCCCCC[C@@]1(O)OC[C@@H](O)[C@H](O)[C@H]1O. The molecule has 0 unspecified atom stereocenters. The summed E-state index contributed by atoms with van der Waals surface area (Å²) in [4.78, 5) is 0. The smallest absolute Gasteiger partial charge is 0.194 e. The van der Waals surface area contributed by atoms with Crippen LogP contribution in [0.5, 0.6) is 0 Å². The van der Waals surface area contributed by atoms with Gasteiger partial charge in [0.25, 0.3) is 0 Å². The molecule has 0 aromatic carbocycles. The largest absolute Gasteiger partial charge is 0.388 e. The number of unbranched alkanes of at least 4 members (excludes halogenated alkanes) is 17. The van der Waals surface area contributed by atoms with Gasteiger partial charge in [0, 0.05) is 6.42 Å². The summed E-state index contributed by atoms with van der Waals surface area (Å²) in [7, 11) is 0. The number of hydrogen-bond acceptors (Lipinski definition) is 5. The highest BCUT2D eigenvalue weighted by atomic mass is 16.6. The lowest BCUT2D eigenvalue weighted by Gasteiger charge is -2.41. The van der Waals surface area contributed by atoms with Gasteiger partial charge in [0.05, 0.1) is 6.61 Å². The van der Waals surface area contributed by atoms with Crippen LogP contribution in [0.2, 0.25) is 0 Å². The van der Waals surface area contributed by atoms with Crippen LogP contribution in [0.4, 0.5) is 0 Å². The Hall–Kier alpha value is -0.200. The summed E-state index contributed by atoms with van der Waals surface area (Å²) in [5.74, 6) is -1.73. The highest BCUT2D eigenvalue weighted by Crippen LogP contribution is 2.29. The molecule has 4 N–H and O–H groups in total. The van der Waals surface area contributed by atoms with Crippen LogP contribution in [0.15, 0.2) is 0 Å². The molecule has 1 fully saturated rings. The molecule has 180 valence electrons. The zero-order valence-corrected chi connectivity index (χ0v) is 19.6. The molecule has 5 heteroatoms. The average Bonchev–Trinajstić information content (AvgIpc) is 2.74. The Labute approximate surface area is 185 Å². The minimum Gasteiger partial charge on any atom is -0.388 e. The Kier molecular flexibility index (Phi) is 16.1. The molecule has 0 amide bonds. The van der Waals surface area contributed by atoms with E-state index in [2.05, 4.69) is 6.92 Å². The molecule has 4 atom stereocenters. The van der Waals surface area contributed by atoms with Gasteiger partial charge < -0.3 is 25.2 Å². The highest BCUT2D eigenvalue weighted by Gasteiger charge is 2.47. The first kappa shape index (κ1) is 27.8. The van der Waals surface area contributed by atoms with Gasteiger partial charge in [0.1, 0.15) is 18.3 Å². The van der Waals surface area contributed by atoms with Gasteiger partial charge in [-0.3, -0.25) is 0 Å². The Morgan fingerprint density at radius 3 is 1.40 bits per heavy atom. The van der Waals surface area contributed by atoms with Crippen LogP contribution in [0, 0.1) is 0 Å². The Bertz CT molecular complexity index is 392. The van der Waals surface area contributed by atoms with Crippen LogP contribution in [0.25, 0.3) is 0 Å². The number of rotatable bonds is 19. The van der Waals surface area contributed by atoms with Crippen LogP contribution in [-0.4, -0.2) is 51.1 Å². The molecular formula is C25H50O5. The van der Waals surface area contributed by atoms with E-state index in [1.165, 1.54) is 96.3 Å². The quantitative estimate of drug-likeness (QED) is 0.211. The summed E-state index contributed by atoms with van der Waals surface area (Å²) in [5, 5.41) is 39.4. The first-order valence-electron chi connectivity index (χ1n) is 12.9. The minimum absolute atomic E-state index is 0.145. The molecule has 1 rings (SSSR count). The summed E-state index contributed by atoms with van der Waals surface area (Å²) in [5.41, 5.74) is 0. The van der Waals surface area contributed by atoms with Gasteiger partial charge in [0.2, 0.25) is 0 Å². The molecule has 1 aliphatic heterocycles. The average molecular weight is 431 g/mol. The van der Waals surface area contributed by atoms with E-state index in [9.17, 15) is 20.4 Å². The monoisotopic (exact) mass is 430 g/mol. The van der Waals surface area contributed by atoms with E-state index in [0.717, 1.165) is 19.3 Å². The van der Waals surface area contributed by atoms with Crippen LogP contribution >= 0.6 is 0 Å². The maximum Gasteiger partial charge on any atom is 0.194 e. The van der Waals surface area contributed by atoms with E-state index >= 15 is 0 Å². The Balaban J connectivity index is 1.82. The van der Waals surface area contributed by atoms with Crippen LogP contribution in [0.3, 0.4) is 0 Å². The molecule has 0 spiro atoms. The predicted molar refractivity (Wildman–Crippen MR) is 122 cm³/mol. The van der Waals surface area contributed by atoms with Crippen molar-refractivity contribution in [2.75, 3.05) is 6.61 Å². The van der Waals surface area contributed by atoms with Gasteiger partial charge in [-0.1, -0.05) is 116 Å². The van der Waals surface area contributed by atoms with E-state index in [4.69, 9.17) is 4.74 Å². The Morgan fingerprint density at radius 2 is 1.00 bits per heavy atom. The van der Waals surface area contributed by atoms with Crippen molar-refractivity contribution in [1.82, 2.24) is 0 Å². The van der Waals surface area contributed by atoms with Crippen molar-refractivity contribution in [3.8, 4) is 0 Å². The van der Waals surface area contributed by atoms with Gasteiger partial charge in [-0.05, 0) is 6.42 Å². The number of ether oxygens (including phenoxy) is 1. The molecule has 0 aliphatic carbocycles. The molecule has 0 aromatic rings. The van der Waals surface area contributed by atoms with Crippen molar-refractivity contribution in [3.63, 3.8) is 0 Å². The lowest BCUT2D eigenvalue weighted by Crippen LogP contribution is -2.60. The number of aliphatic hydroxyl groups excluding tert-OH is 3. The maximum absolute atomic E-state index is 10.3. The van der Waals surface area contributed by atoms with Gasteiger partial charge in [-0.2, -0.15) is 0 Å². The maximum atomic E-state index is 10.3. The van der Waals surface area contributed by atoms with E-state index in [1.54, 1.807) is 0 Å². The molecule has 0 radical (unpaired) electrons. The first-order chi connectivity index (χ1) is 14.5. The molecule has 5 nitrogen and oxygen atoms in total. The van der Waals surface area contributed by atoms with E-state index < -0.39 is 24.1 Å². The van der Waals surface area contributed by atoms with Crippen molar-refractivity contribution in [1.29, 1.82) is 0 Å². The van der Waals surface area contributed by atoms with Crippen molar-refractivity contribution in [2.24, 2.45) is 0 Å². The second-order valence-electron chi connectivity index (χ2n) is 9.42. The molecule has 0 saturated carbocycles. The summed E-state index contributed by atoms with van der Waals surface area (Å²) in [6, 6.07) is 0. The van der Waals surface area contributed by atoms with Crippen LogP contribution in [-0.2, 0) is 4.74 Å². The highest BCUT2D eigenvalue weighted by molar-refractivity contribution is 4.91. The summed E-state index contributed by atoms with van der Waals surface area (Å²) in [6.07, 6.45) is 19.8. The lowest BCUT2D eigenvalue weighted by molar-refractivity contribution is -0.323. The zero-order chi connectivity index (χ0) is 22.1. The van der Waals surface area contributed by atoms with E-state index in [-0.39, 0.29) is 13.0 Å². The minimum atomic E-state index is -1.73. The summed E-state index contributed by atoms with van der Waals surface area (Å²) in [6.45, 7) is 2.13. The lowest BCUT2D eigenvalue weighted by atomic mass is 9.92. The fraction of sp³-hybridized carbons (Fsp3) is 1.00. The molecule has 1 saturated heterocycles. The normalized spacial score (nSPS) is 26.9. The molecule has 1 heterocycles. The van der Waals surface area contributed by atoms with Gasteiger partial charge in [0.15, 0.2) is 5.79 Å². The standard InChI is InChI=1S/C25H50O5/c1-2-3-4-5-6-7-8-9-10-11-12-13-14-15-16-17-18-19-20-25(29)24(28)23(27)22(26)21-30-25/h22-24,26-29H,2-21H2,1H3/t22-,23+,24-,25-/m1/s1. The van der Waals surface area contributed by atoms with Crippen molar-refractivity contribution in [3.05, 3.63) is 0 Å².